The number of nitrogens with one attached hydrogen (secondary N) is 2. The highest BCUT2D eigenvalue weighted by molar-refractivity contribution is 5.96. The first kappa shape index (κ1) is 16.3. The standard InChI is InChI=1S/C17H20FN5O/c18-13-3-1-2-12(10-13)17(4-6-20-7-5-17)11-23-16(24)14-15(19)22-9-8-21-14/h1-3,8-10,20H,4-7,11H2,(H2,19,22)(H,23,24). The number of benzene rings is 1. The maximum atomic E-state index is 13.7. The second kappa shape index (κ2) is 6.92. The molecule has 2 heterocycles. The first-order valence-electron chi connectivity index (χ1n) is 7.92. The minimum atomic E-state index is -0.366. The van der Waals surface area contributed by atoms with Crippen LogP contribution in [0.1, 0.15) is 28.9 Å². The van der Waals surface area contributed by atoms with E-state index in [-0.39, 0.29) is 28.7 Å². The van der Waals surface area contributed by atoms with Gasteiger partial charge in [-0.15, -0.1) is 0 Å². The van der Waals surface area contributed by atoms with Crippen molar-refractivity contribution in [2.45, 2.75) is 18.3 Å². The van der Waals surface area contributed by atoms with E-state index in [0.717, 1.165) is 31.5 Å². The number of piperidine rings is 1. The van der Waals surface area contributed by atoms with Gasteiger partial charge in [0.2, 0.25) is 0 Å². The van der Waals surface area contributed by atoms with Gasteiger partial charge in [0.15, 0.2) is 11.5 Å². The Bertz CT molecular complexity index is 730. The lowest BCUT2D eigenvalue weighted by Crippen LogP contribution is -2.47. The van der Waals surface area contributed by atoms with E-state index >= 15 is 0 Å². The third-order valence-electron chi connectivity index (χ3n) is 4.53. The number of hydrogen-bond acceptors (Lipinski definition) is 5. The van der Waals surface area contributed by atoms with Crippen molar-refractivity contribution in [2.24, 2.45) is 0 Å². The Labute approximate surface area is 139 Å². The van der Waals surface area contributed by atoms with Gasteiger partial charge in [-0.1, -0.05) is 12.1 Å². The van der Waals surface area contributed by atoms with Gasteiger partial charge in [-0.05, 0) is 43.6 Å². The highest BCUT2D eigenvalue weighted by Gasteiger charge is 2.34. The minimum absolute atomic E-state index is 0.0973. The average Bonchev–Trinajstić information content (AvgIpc) is 2.61. The molecule has 0 saturated carbocycles. The molecule has 24 heavy (non-hydrogen) atoms. The van der Waals surface area contributed by atoms with Crippen LogP contribution < -0.4 is 16.4 Å². The molecular weight excluding hydrogens is 309 g/mol. The smallest absolute Gasteiger partial charge is 0.273 e. The van der Waals surface area contributed by atoms with E-state index in [0.29, 0.717) is 6.54 Å². The van der Waals surface area contributed by atoms with Gasteiger partial charge in [0, 0.05) is 24.4 Å². The maximum absolute atomic E-state index is 13.7. The second-order valence-corrected chi connectivity index (χ2v) is 6.01. The first-order valence-corrected chi connectivity index (χ1v) is 7.92. The molecule has 6 nitrogen and oxygen atoms in total. The van der Waals surface area contributed by atoms with Crippen LogP contribution in [-0.4, -0.2) is 35.5 Å². The number of halogens is 1. The number of hydrogen-bond donors (Lipinski definition) is 3. The highest BCUT2D eigenvalue weighted by Crippen LogP contribution is 2.33. The lowest BCUT2D eigenvalue weighted by molar-refractivity contribution is 0.0933. The summed E-state index contributed by atoms with van der Waals surface area (Å²) >= 11 is 0. The van der Waals surface area contributed by atoms with Crippen molar-refractivity contribution in [3.8, 4) is 0 Å². The van der Waals surface area contributed by atoms with Crippen LogP contribution in [0.25, 0.3) is 0 Å². The fraction of sp³-hybridized carbons (Fsp3) is 0.353. The van der Waals surface area contributed by atoms with Crippen LogP contribution in [0.4, 0.5) is 10.2 Å². The zero-order valence-electron chi connectivity index (χ0n) is 13.3. The predicted molar refractivity (Wildman–Crippen MR) is 89.0 cm³/mol. The van der Waals surface area contributed by atoms with Crippen molar-refractivity contribution in [3.63, 3.8) is 0 Å². The molecule has 1 aliphatic heterocycles. The third kappa shape index (κ3) is 3.35. The lowest BCUT2D eigenvalue weighted by Gasteiger charge is -2.38. The average molecular weight is 329 g/mol. The Kier molecular flexibility index (Phi) is 4.71. The van der Waals surface area contributed by atoms with Crippen LogP contribution in [0, 0.1) is 5.82 Å². The summed E-state index contributed by atoms with van der Waals surface area (Å²) in [5.74, 6) is -0.537. The molecule has 1 aliphatic rings. The number of carbonyl (C=O) groups excluding carboxylic acids is 1. The van der Waals surface area contributed by atoms with Gasteiger partial charge >= 0.3 is 0 Å². The predicted octanol–water partition coefficient (Wildman–Crippen LogP) is 1.25. The van der Waals surface area contributed by atoms with Crippen molar-refractivity contribution in [1.82, 2.24) is 20.6 Å². The topological polar surface area (TPSA) is 92.9 Å². The monoisotopic (exact) mass is 329 g/mol. The molecule has 0 bridgehead atoms. The molecule has 1 amide bonds. The summed E-state index contributed by atoms with van der Waals surface area (Å²) in [6, 6.07) is 6.60. The summed E-state index contributed by atoms with van der Waals surface area (Å²) in [5, 5.41) is 6.20. The number of rotatable bonds is 4. The van der Waals surface area contributed by atoms with Gasteiger partial charge in [0.05, 0.1) is 0 Å². The fourth-order valence-electron chi connectivity index (χ4n) is 3.15. The molecule has 1 fully saturated rings. The summed E-state index contributed by atoms with van der Waals surface area (Å²) in [6.45, 7) is 2.03. The zero-order valence-corrected chi connectivity index (χ0v) is 13.3. The number of aromatic nitrogens is 2. The van der Waals surface area contributed by atoms with Crippen molar-refractivity contribution in [2.75, 3.05) is 25.4 Å². The van der Waals surface area contributed by atoms with Crippen molar-refractivity contribution in [3.05, 3.63) is 53.7 Å². The van der Waals surface area contributed by atoms with Crippen molar-refractivity contribution < 1.29 is 9.18 Å². The van der Waals surface area contributed by atoms with Gasteiger partial charge in [0.25, 0.3) is 5.91 Å². The highest BCUT2D eigenvalue weighted by atomic mass is 19.1. The molecule has 0 atom stereocenters. The van der Waals surface area contributed by atoms with Crippen LogP contribution in [0.5, 0.6) is 0 Å². The Hall–Kier alpha value is -2.54. The molecule has 0 aliphatic carbocycles. The van der Waals surface area contributed by atoms with E-state index in [9.17, 15) is 9.18 Å². The molecule has 3 rings (SSSR count). The lowest BCUT2D eigenvalue weighted by atomic mass is 9.73. The van der Waals surface area contributed by atoms with Gasteiger partial charge in [-0.25, -0.2) is 14.4 Å². The van der Waals surface area contributed by atoms with Crippen LogP contribution in [0.3, 0.4) is 0 Å². The first-order chi connectivity index (χ1) is 11.6. The van der Waals surface area contributed by atoms with E-state index < -0.39 is 0 Å². The number of amides is 1. The second-order valence-electron chi connectivity index (χ2n) is 6.01. The van der Waals surface area contributed by atoms with Gasteiger partial charge in [-0.2, -0.15) is 0 Å². The molecule has 4 N–H and O–H groups in total. The normalized spacial score (nSPS) is 16.5. The van der Waals surface area contributed by atoms with Crippen LogP contribution >= 0.6 is 0 Å². The Morgan fingerprint density at radius 3 is 2.75 bits per heavy atom. The quantitative estimate of drug-likeness (QED) is 0.785. The Morgan fingerprint density at radius 2 is 2.04 bits per heavy atom. The molecule has 1 saturated heterocycles. The SMILES string of the molecule is Nc1nccnc1C(=O)NCC1(c2cccc(F)c2)CCNCC1. The zero-order chi connectivity index (χ0) is 17.0. The molecule has 2 aromatic rings. The Balaban J connectivity index is 1.80. The van der Waals surface area contributed by atoms with Crippen molar-refractivity contribution >= 4 is 11.7 Å². The molecule has 0 unspecified atom stereocenters. The molecule has 0 radical (unpaired) electrons. The number of anilines is 1. The van der Waals surface area contributed by atoms with E-state index in [4.69, 9.17) is 5.73 Å². The molecule has 0 spiro atoms. The maximum Gasteiger partial charge on any atom is 0.273 e. The fourth-order valence-corrected chi connectivity index (χ4v) is 3.15. The van der Waals surface area contributed by atoms with E-state index in [1.807, 2.05) is 6.07 Å². The summed E-state index contributed by atoms with van der Waals surface area (Å²) in [7, 11) is 0. The van der Waals surface area contributed by atoms with E-state index in [1.165, 1.54) is 18.5 Å². The Morgan fingerprint density at radius 1 is 1.29 bits per heavy atom. The van der Waals surface area contributed by atoms with Gasteiger partial charge in [-0.3, -0.25) is 4.79 Å². The summed E-state index contributed by atoms with van der Waals surface area (Å²) in [5.41, 5.74) is 6.41. The number of nitrogens with two attached hydrogens (primary N) is 1. The van der Waals surface area contributed by atoms with E-state index in [2.05, 4.69) is 20.6 Å². The third-order valence-corrected chi connectivity index (χ3v) is 4.53. The van der Waals surface area contributed by atoms with Crippen molar-refractivity contribution in [1.29, 1.82) is 0 Å². The number of carbonyl (C=O) groups is 1. The minimum Gasteiger partial charge on any atom is -0.382 e. The van der Waals surface area contributed by atoms with Crippen LogP contribution in [-0.2, 0) is 5.41 Å². The number of nitrogens with zero attached hydrogens (tertiary/aromatic N) is 2. The molecule has 1 aromatic heterocycles. The summed E-state index contributed by atoms with van der Waals surface area (Å²) in [4.78, 5) is 20.2. The van der Waals surface area contributed by atoms with Crippen LogP contribution in [0.2, 0.25) is 0 Å². The molecule has 126 valence electrons. The number of nitrogen functional groups attached to an aromatic ring is 1. The van der Waals surface area contributed by atoms with Crippen LogP contribution in [0.15, 0.2) is 36.7 Å². The summed E-state index contributed by atoms with van der Waals surface area (Å²) in [6.07, 6.45) is 4.49. The molecule has 1 aromatic carbocycles. The molecule has 7 heteroatoms. The summed E-state index contributed by atoms with van der Waals surface area (Å²) < 4.78 is 13.7. The van der Waals surface area contributed by atoms with Gasteiger partial charge < -0.3 is 16.4 Å². The molecular formula is C17H20FN5O. The van der Waals surface area contributed by atoms with Gasteiger partial charge in [0.1, 0.15) is 5.82 Å². The van der Waals surface area contributed by atoms with E-state index in [1.54, 1.807) is 12.1 Å². The largest absolute Gasteiger partial charge is 0.382 e.